The van der Waals surface area contributed by atoms with Crippen LogP contribution in [-0.2, 0) is 4.74 Å². The van der Waals surface area contributed by atoms with Crippen LogP contribution in [-0.4, -0.2) is 23.1 Å². The molecular weight excluding hydrogens is 340 g/mol. The SMILES string of the molecule is CCCCCC(CCC)C(CCCCC)OC(=O)c1ccc(C(=O)O)cc1. The van der Waals surface area contributed by atoms with E-state index in [2.05, 4.69) is 20.8 Å². The number of unbranched alkanes of at least 4 members (excludes halogenated alkanes) is 4. The van der Waals surface area contributed by atoms with Gasteiger partial charge in [-0.25, -0.2) is 9.59 Å². The summed E-state index contributed by atoms with van der Waals surface area (Å²) in [5, 5.41) is 9.00. The first kappa shape index (κ1) is 23.2. The highest BCUT2D eigenvalue weighted by Crippen LogP contribution is 2.26. The van der Waals surface area contributed by atoms with Gasteiger partial charge in [-0.15, -0.1) is 0 Å². The Balaban J connectivity index is 2.83. The summed E-state index contributed by atoms with van der Waals surface area (Å²) in [5.74, 6) is -0.933. The zero-order chi connectivity index (χ0) is 20.1. The van der Waals surface area contributed by atoms with Crippen LogP contribution in [0, 0.1) is 5.92 Å². The molecule has 0 saturated carbocycles. The summed E-state index contributed by atoms with van der Waals surface area (Å²) in [6.45, 7) is 6.56. The van der Waals surface area contributed by atoms with Gasteiger partial charge in [0.15, 0.2) is 0 Å². The number of hydrogen-bond acceptors (Lipinski definition) is 3. The minimum atomic E-state index is -0.994. The molecule has 1 N–H and O–H groups in total. The van der Waals surface area contributed by atoms with Crippen molar-refractivity contribution in [3.8, 4) is 0 Å². The van der Waals surface area contributed by atoms with Crippen molar-refractivity contribution in [1.29, 1.82) is 0 Å². The fraction of sp³-hybridized carbons (Fsp3) is 0.652. The second kappa shape index (κ2) is 13.3. The molecule has 4 heteroatoms. The summed E-state index contributed by atoms with van der Waals surface area (Å²) in [4.78, 5) is 23.6. The molecule has 0 aliphatic carbocycles. The topological polar surface area (TPSA) is 63.6 Å². The lowest BCUT2D eigenvalue weighted by Crippen LogP contribution is -2.27. The minimum Gasteiger partial charge on any atom is -0.478 e. The van der Waals surface area contributed by atoms with Crippen LogP contribution in [0.2, 0.25) is 0 Å². The minimum absolute atomic E-state index is 0.0555. The quantitative estimate of drug-likeness (QED) is 0.298. The average Bonchev–Trinajstić information content (AvgIpc) is 2.67. The van der Waals surface area contributed by atoms with Crippen molar-refractivity contribution in [3.05, 3.63) is 35.4 Å². The monoisotopic (exact) mass is 376 g/mol. The van der Waals surface area contributed by atoms with Crippen molar-refractivity contribution in [2.24, 2.45) is 5.92 Å². The maximum Gasteiger partial charge on any atom is 0.338 e. The molecular formula is C23H36O4. The van der Waals surface area contributed by atoms with E-state index < -0.39 is 5.97 Å². The number of hydrogen-bond donors (Lipinski definition) is 1. The van der Waals surface area contributed by atoms with Gasteiger partial charge in [0.25, 0.3) is 0 Å². The maximum absolute atomic E-state index is 12.6. The number of rotatable bonds is 14. The largest absolute Gasteiger partial charge is 0.478 e. The van der Waals surface area contributed by atoms with Crippen molar-refractivity contribution in [1.82, 2.24) is 0 Å². The summed E-state index contributed by atoms with van der Waals surface area (Å²) >= 11 is 0. The van der Waals surface area contributed by atoms with Gasteiger partial charge in [-0.05, 0) is 55.9 Å². The predicted octanol–water partition coefficient (Wildman–Crippen LogP) is 6.49. The molecule has 152 valence electrons. The lowest BCUT2D eigenvalue weighted by Gasteiger charge is -2.27. The smallest absolute Gasteiger partial charge is 0.338 e. The molecule has 4 nitrogen and oxygen atoms in total. The summed E-state index contributed by atoms with van der Waals surface area (Å²) in [6, 6.07) is 5.99. The number of ether oxygens (including phenoxy) is 1. The molecule has 0 amide bonds. The van der Waals surface area contributed by atoms with Gasteiger partial charge in [0.05, 0.1) is 11.1 Å². The second-order valence-corrected chi connectivity index (χ2v) is 7.37. The Bertz CT molecular complexity index is 550. The Morgan fingerprint density at radius 2 is 1.37 bits per heavy atom. The van der Waals surface area contributed by atoms with E-state index in [-0.39, 0.29) is 17.6 Å². The third-order valence-electron chi connectivity index (χ3n) is 5.08. The van der Waals surface area contributed by atoms with Gasteiger partial charge in [-0.2, -0.15) is 0 Å². The van der Waals surface area contributed by atoms with E-state index in [4.69, 9.17) is 9.84 Å². The Hall–Kier alpha value is -1.84. The summed E-state index contributed by atoms with van der Waals surface area (Å²) in [6.07, 6.45) is 11.1. The van der Waals surface area contributed by atoms with Gasteiger partial charge >= 0.3 is 11.9 Å². The number of esters is 1. The molecule has 1 aromatic rings. The number of carbonyl (C=O) groups excluding carboxylic acids is 1. The third kappa shape index (κ3) is 8.59. The summed E-state index contributed by atoms with van der Waals surface area (Å²) in [7, 11) is 0. The van der Waals surface area contributed by atoms with Crippen molar-refractivity contribution in [3.63, 3.8) is 0 Å². The molecule has 1 aromatic carbocycles. The number of carboxylic acids is 1. The second-order valence-electron chi connectivity index (χ2n) is 7.37. The molecule has 0 aliphatic rings. The normalized spacial score (nSPS) is 13.1. The highest BCUT2D eigenvalue weighted by atomic mass is 16.5. The molecule has 0 fully saturated rings. The molecule has 0 spiro atoms. The van der Waals surface area contributed by atoms with Crippen molar-refractivity contribution in [2.45, 2.75) is 91.1 Å². The van der Waals surface area contributed by atoms with Gasteiger partial charge in [0.1, 0.15) is 6.10 Å². The van der Waals surface area contributed by atoms with Crippen LogP contribution in [0.5, 0.6) is 0 Å². The first-order chi connectivity index (χ1) is 13.0. The van der Waals surface area contributed by atoms with Gasteiger partial charge in [0.2, 0.25) is 0 Å². The van der Waals surface area contributed by atoms with Crippen LogP contribution in [0.1, 0.15) is 106 Å². The van der Waals surface area contributed by atoms with Crippen LogP contribution in [0.4, 0.5) is 0 Å². The first-order valence-electron chi connectivity index (χ1n) is 10.6. The molecule has 0 heterocycles. The summed E-state index contributed by atoms with van der Waals surface area (Å²) in [5.41, 5.74) is 0.596. The van der Waals surface area contributed by atoms with Crippen LogP contribution in [0.3, 0.4) is 0 Å². The fourth-order valence-corrected chi connectivity index (χ4v) is 3.48. The van der Waals surface area contributed by atoms with E-state index >= 15 is 0 Å². The van der Waals surface area contributed by atoms with Gasteiger partial charge in [0, 0.05) is 0 Å². The molecule has 0 bridgehead atoms. The lowest BCUT2D eigenvalue weighted by atomic mass is 9.88. The van der Waals surface area contributed by atoms with Crippen molar-refractivity contribution >= 4 is 11.9 Å². The van der Waals surface area contributed by atoms with Gasteiger partial charge in [-0.1, -0.05) is 59.3 Å². The van der Waals surface area contributed by atoms with E-state index in [1.165, 1.54) is 31.4 Å². The predicted molar refractivity (Wildman–Crippen MR) is 109 cm³/mol. The van der Waals surface area contributed by atoms with E-state index in [1.54, 1.807) is 12.1 Å². The Morgan fingerprint density at radius 3 is 1.89 bits per heavy atom. The van der Waals surface area contributed by atoms with E-state index in [1.807, 2.05) is 0 Å². The van der Waals surface area contributed by atoms with Crippen LogP contribution >= 0.6 is 0 Å². The molecule has 27 heavy (non-hydrogen) atoms. The third-order valence-corrected chi connectivity index (χ3v) is 5.08. The number of aromatic carboxylic acids is 1. The van der Waals surface area contributed by atoms with Gasteiger partial charge in [-0.3, -0.25) is 0 Å². The van der Waals surface area contributed by atoms with E-state index in [0.29, 0.717) is 11.5 Å². The molecule has 1 rings (SSSR count). The van der Waals surface area contributed by atoms with E-state index in [9.17, 15) is 9.59 Å². The standard InChI is InChI=1S/C23H36O4/c1-4-7-9-12-18(11-6-3)21(13-10-8-5-2)27-23(26)20-16-14-19(15-17-20)22(24)25/h14-18,21H,4-13H2,1-3H3,(H,24,25). The van der Waals surface area contributed by atoms with Gasteiger partial charge < -0.3 is 9.84 Å². The van der Waals surface area contributed by atoms with Crippen molar-refractivity contribution in [2.75, 3.05) is 0 Å². The number of carboxylic acid groups (broad SMARTS) is 1. The van der Waals surface area contributed by atoms with Crippen molar-refractivity contribution < 1.29 is 19.4 Å². The summed E-state index contributed by atoms with van der Waals surface area (Å²) < 4.78 is 5.94. The molecule has 2 atom stereocenters. The Labute approximate surface area is 164 Å². The van der Waals surface area contributed by atoms with Crippen LogP contribution in [0.25, 0.3) is 0 Å². The number of carbonyl (C=O) groups is 2. The molecule has 0 saturated heterocycles. The fourth-order valence-electron chi connectivity index (χ4n) is 3.48. The maximum atomic E-state index is 12.6. The highest BCUT2D eigenvalue weighted by molar-refractivity contribution is 5.92. The first-order valence-corrected chi connectivity index (χ1v) is 10.6. The Morgan fingerprint density at radius 1 is 0.815 bits per heavy atom. The highest BCUT2D eigenvalue weighted by Gasteiger charge is 2.25. The number of benzene rings is 1. The lowest BCUT2D eigenvalue weighted by molar-refractivity contribution is 0.00678. The van der Waals surface area contributed by atoms with Crippen LogP contribution in [0.15, 0.2) is 24.3 Å². The average molecular weight is 377 g/mol. The zero-order valence-corrected chi connectivity index (χ0v) is 17.2. The van der Waals surface area contributed by atoms with Crippen LogP contribution < -0.4 is 0 Å². The molecule has 0 radical (unpaired) electrons. The molecule has 2 unspecified atom stereocenters. The molecule has 0 aliphatic heterocycles. The Kier molecular flexibility index (Phi) is 11.5. The van der Waals surface area contributed by atoms with E-state index in [0.717, 1.165) is 44.9 Å². The molecule has 0 aromatic heterocycles. The zero-order valence-electron chi connectivity index (χ0n) is 17.2.